The van der Waals surface area contributed by atoms with Crippen LogP contribution in [0.5, 0.6) is 5.75 Å². The van der Waals surface area contributed by atoms with E-state index >= 15 is 0 Å². The molecule has 0 bridgehead atoms. The summed E-state index contributed by atoms with van der Waals surface area (Å²) in [5.41, 5.74) is 3.70. The fourth-order valence-corrected chi connectivity index (χ4v) is 5.35. The van der Waals surface area contributed by atoms with Gasteiger partial charge in [0.05, 0.1) is 0 Å². The molecule has 0 saturated heterocycles. The van der Waals surface area contributed by atoms with Gasteiger partial charge in [0.15, 0.2) is 0 Å². The number of phenolic OH excluding ortho intramolecular Hbond substituents is 1. The molecule has 0 unspecified atom stereocenters. The van der Waals surface area contributed by atoms with Gasteiger partial charge in [0, 0.05) is 6.61 Å². The first kappa shape index (κ1) is 15.9. The van der Waals surface area contributed by atoms with E-state index in [-0.39, 0.29) is 17.4 Å². The van der Waals surface area contributed by atoms with Gasteiger partial charge in [-0.2, -0.15) is 0 Å². The van der Waals surface area contributed by atoms with Crippen LogP contribution in [0.15, 0.2) is 12.1 Å². The summed E-state index contributed by atoms with van der Waals surface area (Å²) in [6.07, 6.45) is 5.47. The quantitative estimate of drug-likeness (QED) is 0.843. The summed E-state index contributed by atoms with van der Waals surface area (Å²) in [6, 6.07) is 4.39. The molecule has 122 valence electrons. The van der Waals surface area contributed by atoms with Crippen LogP contribution in [0.1, 0.15) is 76.0 Å². The zero-order valence-electron chi connectivity index (χ0n) is 14.4. The Bertz CT molecular complexity index is 577. The number of aliphatic hydroxyl groups is 1. The van der Waals surface area contributed by atoms with Crippen LogP contribution in [-0.4, -0.2) is 16.8 Å². The zero-order chi connectivity index (χ0) is 16.1. The molecule has 2 N–H and O–H groups in total. The molecule has 1 aromatic carbocycles. The monoisotopic (exact) mass is 302 g/mol. The Hall–Kier alpha value is -1.02. The fourth-order valence-electron chi connectivity index (χ4n) is 5.35. The summed E-state index contributed by atoms with van der Waals surface area (Å²) >= 11 is 0. The van der Waals surface area contributed by atoms with E-state index in [4.69, 9.17) is 0 Å². The Morgan fingerprint density at radius 3 is 2.59 bits per heavy atom. The maximum absolute atomic E-state index is 10.7. The minimum absolute atomic E-state index is 0.0248. The highest BCUT2D eigenvalue weighted by atomic mass is 16.3. The van der Waals surface area contributed by atoms with Crippen molar-refractivity contribution in [1.82, 2.24) is 0 Å². The minimum atomic E-state index is 0.0248. The van der Waals surface area contributed by atoms with Crippen LogP contribution < -0.4 is 0 Å². The van der Waals surface area contributed by atoms with E-state index in [1.54, 1.807) is 0 Å². The summed E-state index contributed by atoms with van der Waals surface area (Å²) in [5.74, 6) is 1.39. The van der Waals surface area contributed by atoms with Crippen molar-refractivity contribution in [3.63, 3.8) is 0 Å². The molecule has 3 atom stereocenters. The molecule has 0 aromatic heterocycles. The highest BCUT2D eigenvalue weighted by Crippen LogP contribution is 2.58. The predicted octanol–water partition coefficient (Wildman–Crippen LogP) is 4.52. The van der Waals surface area contributed by atoms with Crippen LogP contribution >= 0.6 is 0 Å². The number of aromatic hydroxyl groups is 1. The first-order chi connectivity index (χ1) is 10.3. The number of rotatable bonds is 2. The smallest absolute Gasteiger partial charge is 0.122 e. The standard InChI is InChI=1S/C20H30O2/c1-13(2)14-6-8-16-15(18(14)22)7-9-17-19(3,12-21)10-5-11-20(16,17)4/h6,8,13,17,21-22H,5,7,9-12H2,1-4H3/t17-,19-,20+/m0/s1. The summed E-state index contributed by atoms with van der Waals surface area (Å²) in [7, 11) is 0. The lowest BCUT2D eigenvalue weighted by molar-refractivity contribution is -0.0181. The molecule has 0 amide bonds. The summed E-state index contributed by atoms with van der Waals surface area (Å²) < 4.78 is 0. The Kier molecular flexibility index (Phi) is 3.79. The zero-order valence-corrected chi connectivity index (χ0v) is 14.4. The second-order valence-corrected chi connectivity index (χ2v) is 8.36. The molecule has 3 rings (SSSR count). The van der Waals surface area contributed by atoms with Crippen LogP contribution in [0.3, 0.4) is 0 Å². The van der Waals surface area contributed by atoms with Crippen LogP contribution in [0.4, 0.5) is 0 Å². The molecule has 2 nitrogen and oxygen atoms in total. The van der Waals surface area contributed by atoms with Gasteiger partial charge in [-0.05, 0) is 65.0 Å². The Morgan fingerprint density at radius 1 is 1.23 bits per heavy atom. The summed E-state index contributed by atoms with van der Waals surface area (Å²) in [4.78, 5) is 0. The molecular weight excluding hydrogens is 272 g/mol. The van der Waals surface area contributed by atoms with Crippen molar-refractivity contribution in [3.8, 4) is 5.75 Å². The van der Waals surface area contributed by atoms with E-state index < -0.39 is 0 Å². The first-order valence-corrected chi connectivity index (χ1v) is 8.79. The van der Waals surface area contributed by atoms with Crippen molar-refractivity contribution >= 4 is 0 Å². The van der Waals surface area contributed by atoms with Crippen molar-refractivity contribution in [2.45, 2.75) is 71.1 Å². The minimum Gasteiger partial charge on any atom is -0.507 e. The normalized spacial score (nSPS) is 34.4. The SMILES string of the molecule is CC(C)c1ccc2c(c1O)CC[C@H]1[C@](C)(CO)CCC[C@]21C. The molecule has 0 heterocycles. The molecule has 2 aliphatic carbocycles. The lowest BCUT2D eigenvalue weighted by atomic mass is 9.50. The third-order valence-electron chi connectivity index (χ3n) is 6.65. The lowest BCUT2D eigenvalue weighted by Crippen LogP contribution is -2.50. The van der Waals surface area contributed by atoms with Crippen LogP contribution in [0, 0.1) is 11.3 Å². The molecule has 1 saturated carbocycles. The van der Waals surface area contributed by atoms with Crippen molar-refractivity contribution < 1.29 is 10.2 Å². The topological polar surface area (TPSA) is 40.5 Å². The molecule has 2 heteroatoms. The highest BCUT2D eigenvalue weighted by molar-refractivity contribution is 5.51. The average molecular weight is 302 g/mol. The van der Waals surface area contributed by atoms with Gasteiger partial charge in [0.2, 0.25) is 0 Å². The van der Waals surface area contributed by atoms with E-state index in [2.05, 4.69) is 39.8 Å². The maximum Gasteiger partial charge on any atom is 0.122 e. The average Bonchev–Trinajstić information content (AvgIpc) is 2.47. The van der Waals surface area contributed by atoms with Crippen molar-refractivity contribution in [1.29, 1.82) is 0 Å². The number of hydrogen-bond acceptors (Lipinski definition) is 2. The molecule has 1 fully saturated rings. The number of fused-ring (bicyclic) bond motifs is 3. The number of aliphatic hydroxyl groups excluding tert-OH is 1. The molecule has 0 aliphatic heterocycles. The maximum atomic E-state index is 10.7. The molecule has 1 aromatic rings. The Balaban J connectivity index is 2.12. The second kappa shape index (κ2) is 5.26. The van der Waals surface area contributed by atoms with Gasteiger partial charge in [-0.15, -0.1) is 0 Å². The molecular formula is C20H30O2. The highest BCUT2D eigenvalue weighted by Gasteiger charge is 2.51. The van der Waals surface area contributed by atoms with Gasteiger partial charge in [-0.3, -0.25) is 0 Å². The lowest BCUT2D eigenvalue weighted by Gasteiger charge is -2.55. The Labute approximate surface area is 134 Å². The molecule has 0 radical (unpaired) electrons. The number of benzene rings is 1. The largest absolute Gasteiger partial charge is 0.507 e. The van der Waals surface area contributed by atoms with Crippen molar-refractivity contribution in [2.24, 2.45) is 11.3 Å². The van der Waals surface area contributed by atoms with E-state index in [0.717, 1.165) is 31.2 Å². The second-order valence-electron chi connectivity index (χ2n) is 8.36. The molecule has 2 aliphatic rings. The summed E-state index contributed by atoms with van der Waals surface area (Å²) in [6.45, 7) is 9.16. The van der Waals surface area contributed by atoms with Gasteiger partial charge in [0.1, 0.15) is 5.75 Å². The van der Waals surface area contributed by atoms with E-state index in [1.165, 1.54) is 17.5 Å². The fraction of sp³-hybridized carbons (Fsp3) is 0.700. The van der Waals surface area contributed by atoms with E-state index in [9.17, 15) is 10.2 Å². The van der Waals surface area contributed by atoms with E-state index in [1.807, 2.05) is 0 Å². The molecule has 0 spiro atoms. The van der Waals surface area contributed by atoms with Gasteiger partial charge < -0.3 is 10.2 Å². The number of phenols is 1. The third-order valence-corrected chi connectivity index (χ3v) is 6.65. The van der Waals surface area contributed by atoms with Gasteiger partial charge in [0.25, 0.3) is 0 Å². The number of hydrogen-bond donors (Lipinski definition) is 2. The van der Waals surface area contributed by atoms with Gasteiger partial charge in [-0.25, -0.2) is 0 Å². The van der Waals surface area contributed by atoms with Crippen molar-refractivity contribution in [2.75, 3.05) is 6.61 Å². The van der Waals surface area contributed by atoms with Crippen molar-refractivity contribution in [3.05, 3.63) is 28.8 Å². The van der Waals surface area contributed by atoms with Crippen LogP contribution in [-0.2, 0) is 11.8 Å². The molecule has 22 heavy (non-hydrogen) atoms. The third kappa shape index (κ3) is 2.11. The Morgan fingerprint density at radius 2 is 1.95 bits per heavy atom. The van der Waals surface area contributed by atoms with Crippen LogP contribution in [0.2, 0.25) is 0 Å². The van der Waals surface area contributed by atoms with E-state index in [0.29, 0.717) is 17.6 Å². The summed E-state index contributed by atoms with van der Waals surface area (Å²) in [5, 5.41) is 20.7. The first-order valence-electron chi connectivity index (χ1n) is 8.79. The predicted molar refractivity (Wildman–Crippen MR) is 90.4 cm³/mol. The van der Waals surface area contributed by atoms with Gasteiger partial charge >= 0.3 is 0 Å². The van der Waals surface area contributed by atoms with Gasteiger partial charge in [-0.1, -0.05) is 46.2 Å². The van der Waals surface area contributed by atoms with Crippen LogP contribution in [0.25, 0.3) is 0 Å².